The Bertz CT molecular complexity index is 926. The molecule has 150 valence electrons. The van der Waals surface area contributed by atoms with Crippen LogP contribution < -0.4 is 5.32 Å². The maximum absolute atomic E-state index is 13.1. The predicted octanol–water partition coefficient (Wildman–Crippen LogP) is 5.79. The first-order valence-corrected chi connectivity index (χ1v) is 9.74. The van der Waals surface area contributed by atoms with Crippen LogP contribution in [0.4, 0.5) is 18.9 Å². The second-order valence-electron chi connectivity index (χ2n) is 7.53. The molecule has 0 radical (unpaired) electrons. The van der Waals surface area contributed by atoms with Crippen molar-refractivity contribution in [2.24, 2.45) is 0 Å². The zero-order valence-corrected chi connectivity index (χ0v) is 15.9. The summed E-state index contributed by atoms with van der Waals surface area (Å²) in [4.78, 5) is 2.36. The second-order valence-corrected chi connectivity index (χ2v) is 7.53. The SMILES string of the molecule is FC(F)(F)c1cccc(N[C@@H]2CN(Cc3ccccc3)C[C@H]2c2ccccc2)c1. The standard InChI is InChI=1S/C24H23F3N2/c25-24(26,27)20-12-7-13-21(14-20)28-23-17-29(15-18-8-3-1-4-9-18)16-22(23)19-10-5-2-6-11-19/h1-14,22-23,28H,15-17H2/t22-,23+/m0/s1. The fraction of sp³-hybridized carbons (Fsp3) is 0.250. The van der Waals surface area contributed by atoms with Crippen LogP contribution in [0.25, 0.3) is 0 Å². The van der Waals surface area contributed by atoms with Crippen LogP contribution in [0.15, 0.2) is 84.9 Å². The molecule has 1 saturated heterocycles. The van der Waals surface area contributed by atoms with E-state index in [1.807, 2.05) is 36.4 Å². The van der Waals surface area contributed by atoms with Crippen molar-refractivity contribution in [3.05, 3.63) is 102 Å². The molecule has 3 aromatic rings. The van der Waals surface area contributed by atoms with Gasteiger partial charge in [-0.25, -0.2) is 0 Å². The van der Waals surface area contributed by atoms with Crippen molar-refractivity contribution >= 4 is 5.69 Å². The van der Waals surface area contributed by atoms with Gasteiger partial charge in [0, 0.05) is 37.3 Å². The van der Waals surface area contributed by atoms with Crippen LogP contribution in [0.3, 0.4) is 0 Å². The van der Waals surface area contributed by atoms with Gasteiger partial charge < -0.3 is 5.32 Å². The molecule has 29 heavy (non-hydrogen) atoms. The summed E-state index contributed by atoms with van der Waals surface area (Å²) in [6.07, 6.45) is -4.34. The van der Waals surface area contributed by atoms with E-state index in [0.717, 1.165) is 25.7 Å². The van der Waals surface area contributed by atoms with E-state index >= 15 is 0 Å². The Morgan fingerprint density at radius 2 is 1.52 bits per heavy atom. The summed E-state index contributed by atoms with van der Waals surface area (Å²) in [5.41, 5.74) is 2.32. The Balaban J connectivity index is 1.56. The summed E-state index contributed by atoms with van der Waals surface area (Å²) >= 11 is 0. The van der Waals surface area contributed by atoms with Crippen molar-refractivity contribution in [3.63, 3.8) is 0 Å². The highest BCUT2D eigenvalue weighted by Gasteiger charge is 2.35. The first-order chi connectivity index (χ1) is 14.0. The zero-order valence-electron chi connectivity index (χ0n) is 15.9. The summed E-state index contributed by atoms with van der Waals surface area (Å²) in [6, 6.07) is 25.9. The van der Waals surface area contributed by atoms with Crippen LogP contribution in [0, 0.1) is 0 Å². The van der Waals surface area contributed by atoms with E-state index in [1.54, 1.807) is 6.07 Å². The van der Waals surface area contributed by atoms with Crippen LogP contribution >= 0.6 is 0 Å². The van der Waals surface area contributed by atoms with E-state index in [9.17, 15) is 13.2 Å². The molecule has 3 aromatic carbocycles. The van der Waals surface area contributed by atoms with Gasteiger partial charge in [-0.05, 0) is 29.3 Å². The van der Waals surface area contributed by atoms with E-state index in [0.29, 0.717) is 5.69 Å². The van der Waals surface area contributed by atoms with E-state index < -0.39 is 11.7 Å². The van der Waals surface area contributed by atoms with Crippen LogP contribution in [-0.4, -0.2) is 24.0 Å². The van der Waals surface area contributed by atoms with Crippen LogP contribution in [0.5, 0.6) is 0 Å². The number of anilines is 1. The lowest BCUT2D eigenvalue weighted by atomic mass is 9.94. The highest BCUT2D eigenvalue weighted by molar-refractivity contribution is 5.48. The molecule has 1 aliphatic rings. The molecule has 0 amide bonds. The molecule has 0 saturated carbocycles. The van der Waals surface area contributed by atoms with E-state index in [2.05, 4.69) is 34.5 Å². The number of nitrogens with zero attached hydrogens (tertiary/aromatic N) is 1. The number of benzene rings is 3. The Morgan fingerprint density at radius 3 is 2.21 bits per heavy atom. The lowest BCUT2D eigenvalue weighted by Gasteiger charge is -2.22. The van der Waals surface area contributed by atoms with Crippen molar-refractivity contribution in [1.29, 1.82) is 0 Å². The average Bonchev–Trinajstić information content (AvgIpc) is 3.11. The number of likely N-dealkylation sites (tertiary alicyclic amines) is 1. The molecular formula is C24H23F3N2. The monoisotopic (exact) mass is 396 g/mol. The molecule has 5 heteroatoms. The molecule has 2 nitrogen and oxygen atoms in total. The first kappa shape index (κ1) is 19.5. The molecule has 1 heterocycles. The van der Waals surface area contributed by atoms with Crippen molar-refractivity contribution in [2.75, 3.05) is 18.4 Å². The van der Waals surface area contributed by atoms with E-state index in [-0.39, 0.29) is 12.0 Å². The highest BCUT2D eigenvalue weighted by Crippen LogP contribution is 2.34. The smallest absolute Gasteiger partial charge is 0.380 e. The summed E-state index contributed by atoms with van der Waals surface area (Å²) in [7, 11) is 0. The number of nitrogens with one attached hydrogen (secondary N) is 1. The van der Waals surface area contributed by atoms with Crippen LogP contribution in [0.2, 0.25) is 0 Å². The number of halogens is 3. The normalized spacial score (nSPS) is 20.0. The Labute approximate surface area is 169 Å². The average molecular weight is 396 g/mol. The van der Waals surface area contributed by atoms with Gasteiger partial charge in [0.25, 0.3) is 0 Å². The molecule has 1 fully saturated rings. The molecule has 4 rings (SSSR count). The van der Waals surface area contributed by atoms with Gasteiger partial charge in [0.2, 0.25) is 0 Å². The third kappa shape index (κ3) is 4.80. The minimum Gasteiger partial charge on any atom is -0.380 e. The molecule has 1 aliphatic heterocycles. The topological polar surface area (TPSA) is 15.3 Å². The number of alkyl halides is 3. The maximum atomic E-state index is 13.1. The van der Waals surface area contributed by atoms with Gasteiger partial charge >= 0.3 is 6.18 Å². The lowest BCUT2D eigenvalue weighted by molar-refractivity contribution is -0.137. The quantitative estimate of drug-likeness (QED) is 0.588. The van der Waals surface area contributed by atoms with E-state index in [4.69, 9.17) is 0 Å². The van der Waals surface area contributed by atoms with Crippen LogP contribution in [-0.2, 0) is 12.7 Å². The maximum Gasteiger partial charge on any atom is 0.416 e. The van der Waals surface area contributed by atoms with Crippen LogP contribution in [0.1, 0.15) is 22.6 Å². The van der Waals surface area contributed by atoms with Gasteiger partial charge in [-0.1, -0.05) is 66.7 Å². The summed E-state index contributed by atoms with van der Waals surface area (Å²) < 4.78 is 39.3. The number of hydrogen-bond acceptors (Lipinski definition) is 2. The largest absolute Gasteiger partial charge is 0.416 e. The fourth-order valence-corrected chi connectivity index (χ4v) is 4.04. The molecule has 2 atom stereocenters. The molecule has 0 spiro atoms. The van der Waals surface area contributed by atoms with E-state index in [1.165, 1.54) is 23.3 Å². The van der Waals surface area contributed by atoms with Crippen molar-refractivity contribution < 1.29 is 13.2 Å². The predicted molar refractivity (Wildman–Crippen MR) is 110 cm³/mol. The Morgan fingerprint density at radius 1 is 0.828 bits per heavy atom. The Kier molecular flexibility index (Phi) is 5.58. The minimum absolute atomic E-state index is 0.0320. The minimum atomic E-state index is -4.34. The zero-order chi connectivity index (χ0) is 20.3. The number of hydrogen-bond donors (Lipinski definition) is 1. The fourth-order valence-electron chi connectivity index (χ4n) is 4.04. The van der Waals surface area contributed by atoms with Gasteiger partial charge in [-0.2, -0.15) is 13.2 Å². The van der Waals surface area contributed by atoms with Gasteiger partial charge in [-0.3, -0.25) is 4.90 Å². The first-order valence-electron chi connectivity index (χ1n) is 9.74. The van der Waals surface area contributed by atoms with Gasteiger partial charge in [0.15, 0.2) is 0 Å². The molecule has 0 aliphatic carbocycles. The molecule has 1 N–H and O–H groups in total. The third-order valence-corrected chi connectivity index (χ3v) is 5.41. The highest BCUT2D eigenvalue weighted by atomic mass is 19.4. The summed E-state index contributed by atoms with van der Waals surface area (Å²) in [6.45, 7) is 2.45. The summed E-state index contributed by atoms with van der Waals surface area (Å²) in [5.74, 6) is 0.203. The van der Waals surface area contributed by atoms with Crippen molar-refractivity contribution in [3.8, 4) is 0 Å². The molecule has 0 unspecified atom stereocenters. The van der Waals surface area contributed by atoms with Gasteiger partial charge in [0.05, 0.1) is 5.56 Å². The molecule has 0 bridgehead atoms. The Hall–Kier alpha value is -2.79. The van der Waals surface area contributed by atoms with Crippen molar-refractivity contribution in [2.45, 2.75) is 24.7 Å². The lowest BCUT2D eigenvalue weighted by Crippen LogP contribution is -2.28. The second kappa shape index (κ2) is 8.29. The van der Waals surface area contributed by atoms with Gasteiger partial charge in [0.1, 0.15) is 0 Å². The summed E-state index contributed by atoms with van der Waals surface area (Å²) in [5, 5.41) is 3.38. The molecule has 0 aromatic heterocycles. The molecular weight excluding hydrogens is 373 g/mol. The number of rotatable bonds is 5. The van der Waals surface area contributed by atoms with Crippen molar-refractivity contribution in [1.82, 2.24) is 4.90 Å². The van der Waals surface area contributed by atoms with Gasteiger partial charge in [-0.15, -0.1) is 0 Å². The third-order valence-electron chi connectivity index (χ3n) is 5.41.